The molecule has 0 saturated carbocycles. The van der Waals surface area contributed by atoms with Crippen LogP contribution in [0.25, 0.3) is 10.8 Å². The molecule has 1 aliphatic rings. The van der Waals surface area contributed by atoms with Gasteiger partial charge in [0.1, 0.15) is 0 Å². The molecule has 3 rings (SSSR count). The van der Waals surface area contributed by atoms with Gasteiger partial charge in [-0.05, 0) is 53.8 Å². The summed E-state index contributed by atoms with van der Waals surface area (Å²) in [7, 11) is 0. The molecule has 92 valence electrons. The maximum Gasteiger partial charge on any atom is 0.0511 e. The van der Waals surface area contributed by atoms with Crippen LogP contribution in [0.2, 0.25) is 0 Å². The number of nitrogens with two attached hydrogens (primary N) is 1. The van der Waals surface area contributed by atoms with Gasteiger partial charge >= 0.3 is 0 Å². The van der Waals surface area contributed by atoms with Crippen molar-refractivity contribution in [3.05, 3.63) is 58.1 Å². The zero-order valence-corrected chi connectivity index (χ0v) is 11.8. The van der Waals surface area contributed by atoms with Crippen LogP contribution in [0.1, 0.15) is 30.9 Å². The molecular weight excluding hydrogens is 286 g/mol. The number of hydrogen-bond donors (Lipinski definition) is 1. The maximum atomic E-state index is 6.34. The SMILES string of the molecule is NC(C1=CCCC1)c1ccc2cc(Br)ccc2c1. The Morgan fingerprint density at radius 3 is 2.61 bits per heavy atom. The van der Waals surface area contributed by atoms with Crippen LogP contribution in [0, 0.1) is 0 Å². The minimum absolute atomic E-state index is 0.0700. The van der Waals surface area contributed by atoms with Gasteiger partial charge < -0.3 is 5.73 Å². The van der Waals surface area contributed by atoms with E-state index in [-0.39, 0.29) is 6.04 Å². The second-order valence-corrected chi connectivity index (χ2v) is 5.82. The third-order valence-corrected chi connectivity index (χ3v) is 4.15. The zero-order valence-electron chi connectivity index (χ0n) is 10.2. The van der Waals surface area contributed by atoms with Crippen molar-refractivity contribution in [3.8, 4) is 0 Å². The van der Waals surface area contributed by atoms with Crippen LogP contribution in [0.15, 0.2) is 52.5 Å². The molecule has 1 aliphatic carbocycles. The third kappa shape index (κ3) is 2.23. The first-order valence-corrected chi connectivity index (χ1v) is 7.17. The zero-order chi connectivity index (χ0) is 12.5. The number of fused-ring (bicyclic) bond motifs is 1. The van der Waals surface area contributed by atoms with Gasteiger partial charge in [0.25, 0.3) is 0 Å². The molecule has 0 radical (unpaired) electrons. The van der Waals surface area contributed by atoms with Crippen LogP contribution >= 0.6 is 15.9 Å². The molecule has 0 spiro atoms. The predicted octanol–water partition coefficient (Wildman–Crippen LogP) is 4.71. The summed E-state index contributed by atoms with van der Waals surface area (Å²) in [4.78, 5) is 0. The molecule has 0 heterocycles. The van der Waals surface area contributed by atoms with E-state index in [9.17, 15) is 0 Å². The van der Waals surface area contributed by atoms with Crippen molar-refractivity contribution in [2.24, 2.45) is 5.73 Å². The molecule has 18 heavy (non-hydrogen) atoms. The van der Waals surface area contributed by atoms with Crippen molar-refractivity contribution >= 4 is 26.7 Å². The van der Waals surface area contributed by atoms with E-state index in [1.54, 1.807) is 0 Å². The normalized spacial score (nSPS) is 16.9. The number of rotatable bonds is 2. The van der Waals surface area contributed by atoms with E-state index in [2.05, 4.69) is 58.4 Å². The summed E-state index contributed by atoms with van der Waals surface area (Å²) in [6.07, 6.45) is 5.89. The fourth-order valence-corrected chi connectivity index (χ4v) is 3.00. The molecule has 0 aromatic heterocycles. The Labute approximate surface area is 116 Å². The lowest BCUT2D eigenvalue weighted by Gasteiger charge is -2.14. The number of allylic oxidation sites excluding steroid dienone is 1. The summed E-state index contributed by atoms with van der Waals surface area (Å²) in [5.74, 6) is 0. The van der Waals surface area contributed by atoms with E-state index in [1.807, 2.05) is 0 Å². The molecule has 1 nitrogen and oxygen atoms in total. The van der Waals surface area contributed by atoms with E-state index in [0.29, 0.717) is 0 Å². The quantitative estimate of drug-likeness (QED) is 0.799. The lowest BCUT2D eigenvalue weighted by atomic mass is 9.96. The van der Waals surface area contributed by atoms with Gasteiger partial charge in [0.2, 0.25) is 0 Å². The Morgan fingerprint density at radius 2 is 1.83 bits per heavy atom. The Morgan fingerprint density at radius 1 is 1.06 bits per heavy atom. The van der Waals surface area contributed by atoms with Gasteiger partial charge in [-0.25, -0.2) is 0 Å². The average Bonchev–Trinajstić information content (AvgIpc) is 2.91. The number of halogens is 1. The van der Waals surface area contributed by atoms with Crippen LogP contribution in [-0.4, -0.2) is 0 Å². The Balaban J connectivity index is 2.00. The summed E-state index contributed by atoms with van der Waals surface area (Å²) in [5.41, 5.74) is 8.96. The minimum Gasteiger partial charge on any atom is -0.321 e. The van der Waals surface area contributed by atoms with Crippen LogP contribution in [-0.2, 0) is 0 Å². The van der Waals surface area contributed by atoms with E-state index in [0.717, 1.165) is 10.9 Å². The van der Waals surface area contributed by atoms with Gasteiger partial charge in [0.15, 0.2) is 0 Å². The minimum atomic E-state index is 0.0700. The Bertz CT molecular complexity index is 616. The van der Waals surface area contributed by atoms with E-state index in [1.165, 1.54) is 34.8 Å². The van der Waals surface area contributed by atoms with Crippen LogP contribution in [0.5, 0.6) is 0 Å². The van der Waals surface area contributed by atoms with Crippen LogP contribution in [0.4, 0.5) is 0 Å². The fraction of sp³-hybridized carbons (Fsp3) is 0.250. The molecule has 0 amide bonds. The van der Waals surface area contributed by atoms with E-state index in [4.69, 9.17) is 5.73 Å². The van der Waals surface area contributed by atoms with Gasteiger partial charge in [-0.2, -0.15) is 0 Å². The van der Waals surface area contributed by atoms with Gasteiger partial charge in [-0.15, -0.1) is 0 Å². The van der Waals surface area contributed by atoms with Crippen LogP contribution in [0.3, 0.4) is 0 Å². The topological polar surface area (TPSA) is 26.0 Å². The van der Waals surface area contributed by atoms with Gasteiger partial charge in [-0.3, -0.25) is 0 Å². The molecule has 0 aliphatic heterocycles. The van der Waals surface area contributed by atoms with Crippen molar-refractivity contribution in [2.45, 2.75) is 25.3 Å². The van der Waals surface area contributed by atoms with E-state index < -0.39 is 0 Å². The predicted molar refractivity (Wildman–Crippen MR) is 80.5 cm³/mol. The summed E-state index contributed by atoms with van der Waals surface area (Å²) in [5, 5.41) is 2.51. The first-order valence-electron chi connectivity index (χ1n) is 6.38. The third-order valence-electron chi connectivity index (χ3n) is 3.66. The smallest absolute Gasteiger partial charge is 0.0511 e. The number of hydrogen-bond acceptors (Lipinski definition) is 1. The van der Waals surface area contributed by atoms with Gasteiger partial charge in [-0.1, -0.05) is 45.8 Å². The molecule has 2 aromatic rings. The molecule has 0 fully saturated rings. The standard InChI is InChI=1S/C16H16BrN/c17-15-8-7-12-9-14(6-5-13(12)10-15)16(18)11-3-1-2-4-11/h3,5-10,16H,1-2,4,18H2. The lowest BCUT2D eigenvalue weighted by Crippen LogP contribution is -2.12. The Kier molecular flexibility index (Phi) is 3.23. The highest BCUT2D eigenvalue weighted by Gasteiger charge is 2.15. The monoisotopic (exact) mass is 301 g/mol. The van der Waals surface area contributed by atoms with Crippen molar-refractivity contribution in [2.75, 3.05) is 0 Å². The molecule has 1 unspecified atom stereocenters. The highest BCUT2D eigenvalue weighted by Crippen LogP contribution is 2.30. The maximum absolute atomic E-state index is 6.34. The Hall–Kier alpha value is -1.12. The molecule has 1 atom stereocenters. The molecule has 0 bridgehead atoms. The summed E-state index contributed by atoms with van der Waals surface area (Å²) in [6, 6.07) is 12.9. The number of benzene rings is 2. The lowest BCUT2D eigenvalue weighted by molar-refractivity contribution is 0.786. The van der Waals surface area contributed by atoms with Gasteiger partial charge in [0, 0.05) is 4.47 Å². The first-order chi connectivity index (χ1) is 8.74. The van der Waals surface area contributed by atoms with Crippen molar-refractivity contribution in [3.63, 3.8) is 0 Å². The van der Waals surface area contributed by atoms with Crippen molar-refractivity contribution in [1.82, 2.24) is 0 Å². The molecule has 2 aromatic carbocycles. The summed E-state index contributed by atoms with van der Waals surface area (Å²) >= 11 is 3.50. The van der Waals surface area contributed by atoms with Crippen molar-refractivity contribution < 1.29 is 0 Å². The van der Waals surface area contributed by atoms with Crippen LogP contribution < -0.4 is 5.73 Å². The highest BCUT2D eigenvalue weighted by atomic mass is 79.9. The first kappa shape index (κ1) is 11.9. The summed E-state index contributed by atoms with van der Waals surface area (Å²) in [6.45, 7) is 0. The highest BCUT2D eigenvalue weighted by molar-refractivity contribution is 9.10. The molecule has 2 heteroatoms. The molecule has 2 N–H and O–H groups in total. The molecular formula is C16H16BrN. The fourth-order valence-electron chi connectivity index (χ4n) is 2.62. The van der Waals surface area contributed by atoms with E-state index >= 15 is 0 Å². The van der Waals surface area contributed by atoms with Crippen molar-refractivity contribution in [1.29, 1.82) is 0 Å². The second kappa shape index (κ2) is 4.87. The summed E-state index contributed by atoms with van der Waals surface area (Å²) < 4.78 is 1.12. The largest absolute Gasteiger partial charge is 0.321 e. The second-order valence-electron chi connectivity index (χ2n) is 4.90. The van der Waals surface area contributed by atoms with Gasteiger partial charge in [0.05, 0.1) is 6.04 Å². The average molecular weight is 302 g/mol. The molecule has 0 saturated heterocycles.